The minimum Gasteiger partial charge on any atom is -0.433 e. The minimum absolute atomic E-state index is 0.122. The molecule has 0 spiro atoms. The minimum atomic E-state index is -0.122. The molecule has 3 nitrogen and oxygen atoms in total. The second-order valence-electron chi connectivity index (χ2n) is 3.10. The van der Waals surface area contributed by atoms with Gasteiger partial charge < -0.3 is 4.42 Å². The molecule has 0 atom stereocenters. The molecule has 0 fully saturated rings. The second-order valence-corrected chi connectivity index (χ2v) is 4.01. The van der Waals surface area contributed by atoms with Gasteiger partial charge in [0, 0.05) is 17.0 Å². The summed E-state index contributed by atoms with van der Waals surface area (Å²) in [6.07, 6.45) is 1.44. The van der Waals surface area contributed by atoms with E-state index in [2.05, 4.69) is 20.9 Å². The lowest BCUT2D eigenvalue weighted by atomic mass is 10.2. The van der Waals surface area contributed by atoms with Crippen LogP contribution in [0, 0.1) is 0 Å². The summed E-state index contributed by atoms with van der Waals surface area (Å²) in [5, 5.41) is 0. The molecule has 0 radical (unpaired) electrons. The van der Waals surface area contributed by atoms with Crippen molar-refractivity contribution in [1.29, 1.82) is 0 Å². The van der Waals surface area contributed by atoms with E-state index >= 15 is 0 Å². The van der Waals surface area contributed by atoms with Gasteiger partial charge in [-0.15, -0.1) is 0 Å². The number of hydrogen-bond acceptors (Lipinski definition) is 3. The zero-order valence-electron chi connectivity index (χ0n) is 8.03. The number of Topliss-reactive ketones (excluding diaryl/α,β-unsaturated/α-hetero) is 1. The molecular formula is C11H8BrNO2. The van der Waals surface area contributed by atoms with Gasteiger partial charge in [-0.1, -0.05) is 22.0 Å². The normalized spacial score (nSPS) is 10.3. The molecule has 0 amide bonds. The van der Waals surface area contributed by atoms with E-state index in [4.69, 9.17) is 4.42 Å². The van der Waals surface area contributed by atoms with E-state index in [1.165, 1.54) is 13.1 Å². The number of oxazole rings is 1. The Labute approximate surface area is 95.3 Å². The number of hydrogen-bond donors (Lipinski definition) is 0. The number of carbonyl (C=O) groups excluding carboxylic acids is 1. The molecular weight excluding hydrogens is 258 g/mol. The first-order valence-corrected chi connectivity index (χ1v) is 5.19. The summed E-state index contributed by atoms with van der Waals surface area (Å²) in [5.74, 6) is 0.621. The fraction of sp³-hybridized carbons (Fsp3) is 0.0909. The molecule has 2 aromatic rings. The maximum atomic E-state index is 11.0. The van der Waals surface area contributed by atoms with Crippen molar-refractivity contribution in [2.75, 3.05) is 0 Å². The molecule has 1 aromatic carbocycles. The van der Waals surface area contributed by atoms with Gasteiger partial charge in [-0.05, 0) is 18.2 Å². The number of rotatable bonds is 2. The van der Waals surface area contributed by atoms with E-state index in [0.717, 1.165) is 10.0 Å². The van der Waals surface area contributed by atoms with Gasteiger partial charge in [0.1, 0.15) is 0 Å². The first-order chi connectivity index (χ1) is 7.16. The van der Waals surface area contributed by atoms with E-state index in [-0.39, 0.29) is 11.5 Å². The van der Waals surface area contributed by atoms with Crippen molar-refractivity contribution in [1.82, 2.24) is 4.98 Å². The van der Waals surface area contributed by atoms with Crippen LogP contribution in [0.4, 0.5) is 0 Å². The van der Waals surface area contributed by atoms with Gasteiger partial charge in [0.05, 0.1) is 6.20 Å². The van der Waals surface area contributed by atoms with Crippen LogP contribution in [0.15, 0.2) is 39.4 Å². The number of benzene rings is 1. The van der Waals surface area contributed by atoms with Gasteiger partial charge >= 0.3 is 0 Å². The molecule has 0 N–H and O–H groups in total. The van der Waals surface area contributed by atoms with Gasteiger partial charge in [0.15, 0.2) is 11.5 Å². The third kappa shape index (κ3) is 2.15. The lowest BCUT2D eigenvalue weighted by Gasteiger charge is -1.95. The van der Waals surface area contributed by atoms with E-state index in [9.17, 15) is 4.79 Å². The Kier molecular flexibility index (Phi) is 2.68. The number of nitrogens with zero attached hydrogens (tertiary/aromatic N) is 1. The van der Waals surface area contributed by atoms with Gasteiger partial charge in [-0.25, -0.2) is 4.98 Å². The Morgan fingerprint density at radius 3 is 2.87 bits per heavy atom. The summed E-state index contributed by atoms with van der Waals surface area (Å²) in [4.78, 5) is 15.1. The van der Waals surface area contributed by atoms with E-state index in [0.29, 0.717) is 5.89 Å². The highest BCUT2D eigenvalue weighted by atomic mass is 79.9. The predicted molar refractivity (Wildman–Crippen MR) is 59.6 cm³/mol. The first kappa shape index (κ1) is 10.1. The molecule has 76 valence electrons. The van der Waals surface area contributed by atoms with Crippen LogP contribution < -0.4 is 0 Å². The fourth-order valence-electron chi connectivity index (χ4n) is 1.19. The average Bonchev–Trinajstić information content (AvgIpc) is 2.66. The van der Waals surface area contributed by atoms with Crippen LogP contribution in [0.2, 0.25) is 0 Å². The lowest BCUT2D eigenvalue weighted by molar-refractivity contribution is 0.0988. The monoisotopic (exact) mass is 265 g/mol. The third-order valence-electron chi connectivity index (χ3n) is 1.92. The lowest BCUT2D eigenvalue weighted by Crippen LogP contribution is -1.86. The summed E-state index contributed by atoms with van der Waals surface area (Å²) in [6.45, 7) is 1.45. The Hall–Kier alpha value is -1.42. The Morgan fingerprint density at radius 2 is 2.27 bits per heavy atom. The quantitative estimate of drug-likeness (QED) is 0.783. The SMILES string of the molecule is CC(=O)c1cnc(-c2cccc(Br)c2)o1. The van der Waals surface area contributed by atoms with Crippen molar-refractivity contribution < 1.29 is 9.21 Å². The van der Waals surface area contributed by atoms with Crippen molar-refractivity contribution in [3.63, 3.8) is 0 Å². The molecule has 0 saturated carbocycles. The van der Waals surface area contributed by atoms with Crippen molar-refractivity contribution in [2.24, 2.45) is 0 Å². The molecule has 0 saturated heterocycles. The number of halogens is 1. The smallest absolute Gasteiger partial charge is 0.226 e. The van der Waals surface area contributed by atoms with Crippen LogP contribution in [-0.2, 0) is 0 Å². The Morgan fingerprint density at radius 1 is 1.47 bits per heavy atom. The standard InChI is InChI=1S/C11H8BrNO2/c1-7(14)10-6-13-11(15-10)8-3-2-4-9(12)5-8/h2-6H,1H3. The molecule has 0 aliphatic carbocycles. The first-order valence-electron chi connectivity index (χ1n) is 4.39. The number of aromatic nitrogens is 1. The highest BCUT2D eigenvalue weighted by molar-refractivity contribution is 9.10. The molecule has 0 aliphatic rings. The zero-order chi connectivity index (χ0) is 10.8. The molecule has 15 heavy (non-hydrogen) atoms. The van der Waals surface area contributed by atoms with Gasteiger partial charge in [0.2, 0.25) is 5.89 Å². The summed E-state index contributed by atoms with van der Waals surface area (Å²) in [7, 11) is 0. The molecule has 2 rings (SSSR count). The Balaban J connectivity index is 2.41. The number of ketones is 1. The van der Waals surface area contributed by atoms with Crippen molar-refractivity contribution in [2.45, 2.75) is 6.92 Å². The predicted octanol–water partition coefficient (Wildman–Crippen LogP) is 3.31. The summed E-state index contributed by atoms with van der Waals surface area (Å²) < 4.78 is 6.25. The number of carbonyl (C=O) groups is 1. The van der Waals surface area contributed by atoms with E-state index in [1.807, 2.05) is 24.3 Å². The van der Waals surface area contributed by atoms with Crippen molar-refractivity contribution >= 4 is 21.7 Å². The fourth-order valence-corrected chi connectivity index (χ4v) is 1.59. The van der Waals surface area contributed by atoms with E-state index < -0.39 is 0 Å². The molecule has 0 unspecified atom stereocenters. The molecule has 1 aromatic heterocycles. The third-order valence-corrected chi connectivity index (χ3v) is 2.42. The topological polar surface area (TPSA) is 43.1 Å². The molecule has 1 heterocycles. The molecule has 4 heteroatoms. The van der Waals surface area contributed by atoms with E-state index in [1.54, 1.807) is 0 Å². The van der Waals surface area contributed by atoms with Crippen LogP contribution in [0.1, 0.15) is 17.5 Å². The van der Waals surface area contributed by atoms with Gasteiger partial charge in [0.25, 0.3) is 0 Å². The molecule has 0 aliphatic heterocycles. The largest absolute Gasteiger partial charge is 0.433 e. The summed E-state index contributed by atoms with van der Waals surface area (Å²) >= 11 is 3.36. The highest BCUT2D eigenvalue weighted by Crippen LogP contribution is 2.22. The maximum absolute atomic E-state index is 11.0. The van der Waals surface area contributed by atoms with Crippen LogP contribution >= 0.6 is 15.9 Å². The van der Waals surface area contributed by atoms with Crippen LogP contribution in [0.5, 0.6) is 0 Å². The van der Waals surface area contributed by atoms with Crippen molar-refractivity contribution in [3.8, 4) is 11.5 Å². The van der Waals surface area contributed by atoms with Crippen LogP contribution in [0.3, 0.4) is 0 Å². The highest BCUT2D eigenvalue weighted by Gasteiger charge is 2.09. The zero-order valence-corrected chi connectivity index (χ0v) is 9.61. The maximum Gasteiger partial charge on any atom is 0.226 e. The van der Waals surface area contributed by atoms with Crippen molar-refractivity contribution in [3.05, 3.63) is 40.7 Å². The Bertz CT molecular complexity index is 505. The summed E-state index contributed by atoms with van der Waals surface area (Å²) in [5.41, 5.74) is 0.844. The van der Waals surface area contributed by atoms with Gasteiger partial charge in [-0.3, -0.25) is 4.79 Å². The average molecular weight is 266 g/mol. The van der Waals surface area contributed by atoms with Gasteiger partial charge in [-0.2, -0.15) is 0 Å². The summed E-state index contributed by atoms with van der Waals surface area (Å²) in [6, 6.07) is 7.56. The van der Waals surface area contributed by atoms with Crippen LogP contribution in [-0.4, -0.2) is 10.8 Å². The molecule has 0 bridgehead atoms. The van der Waals surface area contributed by atoms with Crippen LogP contribution in [0.25, 0.3) is 11.5 Å². The second kappa shape index (κ2) is 3.98.